The van der Waals surface area contributed by atoms with Crippen LogP contribution in [-0.4, -0.2) is 35.1 Å². The molecule has 2 unspecified atom stereocenters. The first-order valence-electron chi connectivity index (χ1n) is 7.63. The fourth-order valence-corrected chi connectivity index (χ4v) is 2.92. The number of aryl methyl sites for hydroxylation is 1. The van der Waals surface area contributed by atoms with E-state index in [-0.39, 0.29) is 18.1 Å². The van der Waals surface area contributed by atoms with Gasteiger partial charge in [0.25, 0.3) is 0 Å². The molecule has 1 saturated carbocycles. The highest BCUT2D eigenvalue weighted by molar-refractivity contribution is 5.78. The minimum atomic E-state index is -0.361. The molecule has 20 heavy (non-hydrogen) atoms. The number of carbonyl (C=O) groups excluding carboxylic acids is 1. The number of aliphatic hydroxyl groups excluding tert-OH is 1. The molecule has 0 spiro atoms. The highest BCUT2D eigenvalue weighted by atomic mass is 16.3. The summed E-state index contributed by atoms with van der Waals surface area (Å²) >= 11 is 0. The first-order chi connectivity index (χ1) is 9.61. The van der Waals surface area contributed by atoms with Crippen molar-refractivity contribution < 1.29 is 9.90 Å². The highest BCUT2D eigenvalue weighted by Crippen LogP contribution is 2.23. The van der Waals surface area contributed by atoms with Gasteiger partial charge in [-0.05, 0) is 30.4 Å². The molecule has 1 aliphatic carbocycles. The third-order valence-electron chi connectivity index (χ3n) is 4.37. The maximum atomic E-state index is 12.3. The molecule has 0 aromatic heterocycles. The molecule has 1 aliphatic rings. The first kappa shape index (κ1) is 15.0. The fraction of sp³-hybridized carbons (Fsp3) is 0.588. The number of hydrogen-bond acceptors (Lipinski definition) is 2. The molecule has 0 radical (unpaired) electrons. The summed E-state index contributed by atoms with van der Waals surface area (Å²) in [5.74, 6) is 0.0974. The number of rotatable bonds is 4. The minimum Gasteiger partial charge on any atom is -0.391 e. The summed E-state index contributed by atoms with van der Waals surface area (Å²) in [6.07, 6.45) is 4.97. The van der Waals surface area contributed by atoms with Crippen LogP contribution in [0, 0.1) is 0 Å². The number of benzene rings is 1. The smallest absolute Gasteiger partial charge is 0.227 e. The van der Waals surface area contributed by atoms with Crippen molar-refractivity contribution in [3.8, 4) is 0 Å². The van der Waals surface area contributed by atoms with Crippen LogP contribution in [0.4, 0.5) is 0 Å². The van der Waals surface area contributed by atoms with Crippen LogP contribution in [0.3, 0.4) is 0 Å². The van der Waals surface area contributed by atoms with Crippen LogP contribution < -0.4 is 0 Å². The van der Waals surface area contributed by atoms with Crippen LogP contribution in [0.25, 0.3) is 0 Å². The molecule has 0 saturated heterocycles. The second-order valence-corrected chi connectivity index (χ2v) is 5.77. The van der Waals surface area contributed by atoms with Gasteiger partial charge in [-0.1, -0.05) is 44.0 Å². The Hall–Kier alpha value is -1.35. The van der Waals surface area contributed by atoms with Crippen LogP contribution >= 0.6 is 0 Å². The van der Waals surface area contributed by atoms with E-state index in [0.29, 0.717) is 6.42 Å². The molecule has 1 N–H and O–H groups in total. The lowest BCUT2D eigenvalue weighted by atomic mass is 9.91. The van der Waals surface area contributed by atoms with Crippen LogP contribution in [0.2, 0.25) is 0 Å². The summed E-state index contributed by atoms with van der Waals surface area (Å²) < 4.78 is 0. The van der Waals surface area contributed by atoms with Gasteiger partial charge < -0.3 is 10.0 Å². The molecule has 2 rings (SSSR count). The average molecular weight is 275 g/mol. The zero-order valence-electron chi connectivity index (χ0n) is 12.5. The molecule has 1 aromatic carbocycles. The van der Waals surface area contributed by atoms with Crippen molar-refractivity contribution in [1.82, 2.24) is 4.90 Å². The van der Waals surface area contributed by atoms with E-state index in [1.54, 1.807) is 4.90 Å². The van der Waals surface area contributed by atoms with Gasteiger partial charge in [-0.15, -0.1) is 0 Å². The fourth-order valence-electron chi connectivity index (χ4n) is 2.92. The quantitative estimate of drug-likeness (QED) is 0.917. The molecule has 3 nitrogen and oxygen atoms in total. The number of aliphatic hydroxyl groups is 1. The molecule has 1 amide bonds. The summed E-state index contributed by atoms with van der Waals surface area (Å²) in [4.78, 5) is 14.1. The predicted octanol–water partition coefficient (Wildman–Crippen LogP) is 2.55. The van der Waals surface area contributed by atoms with Gasteiger partial charge in [0.15, 0.2) is 0 Å². The molecule has 0 aliphatic heterocycles. The minimum absolute atomic E-state index is 0.00818. The Balaban J connectivity index is 1.95. The van der Waals surface area contributed by atoms with Gasteiger partial charge in [-0.25, -0.2) is 0 Å². The Morgan fingerprint density at radius 2 is 1.80 bits per heavy atom. The van der Waals surface area contributed by atoms with Gasteiger partial charge >= 0.3 is 0 Å². The van der Waals surface area contributed by atoms with Crippen molar-refractivity contribution in [3.05, 3.63) is 35.4 Å². The van der Waals surface area contributed by atoms with E-state index in [4.69, 9.17) is 0 Å². The van der Waals surface area contributed by atoms with Gasteiger partial charge in [0, 0.05) is 7.05 Å². The van der Waals surface area contributed by atoms with Gasteiger partial charge in [0.2, 0.25) is 5.91 Å². The molecule has 3 heteroatoms. The Morgan fingerprint density at radius 1 is 1.20 bits per heavy atom. The molecular formula is C17H25NO2. The van der Waals surface area contributed by atoms with Gasteiger partial charge in [0.05, 0.1) is 18.6 Å². The topological polar surface area (TPSA) is 40.5 Å². The van der Waals surface area contributed by atoms with Crippen molar-refractivity contribution in [2.45, 2.75) is 57.6 Å². The summed E-state index contributed by atoms with van der Waals surface area (Å²) in [6, 6.07) is 8.21. The first-order valence-corrected chi connectivity index (χ1v) is 7.63. The zero-order valence-corrected chi connectivity index (χ0v) is 12.5. The standard InChI is InChI=1S/C17H25NO2/c1-3-13-8-10-14(11-9-13)12-17(20)18(2)15-6-4-5-7-16(15)19/h8-11,15-16,19H,3-7,12H2,1-2H3. The third-order valence-corrected chi connectivity index (χ3v) is 4.37. The second kappa shape index (κ2) is 6.89. The number of carbonyl (C=O) groups is 1. The molecule has 1 fully saturated rings. The van der Waals surface area contributed by atoms with E-state index in [1.165, 1.54) is 5.56 Å². The average Bonchev–Trinajstić information content (AvgIpc) is 2.48. The number of hydrogen-bond donors (Lipinski definition) is 1. The Bertz CT molecular complexity index is 441. The van der Waals surface area contributed by atoms with Crippen molar-refractivity contribution >= 4 is 5.91 Å². The second-order valence-electron chi connectivity index (χ2n) is 5.77. The SMILES string of the molecule is CCc1ccc(CC(=O)N(C)C2CCCCC2O)cc1. The van der Waals surface area contributed by atoms with E-state index in [2.05, 4.69) is 19.1 Å². The Morgan fingerprint density at radius 3 is 2.40 bits per heavy atom. The highest BCUT2D eigenvalue weighted by Gasteiger charge is 2.29. The summed E-state index contributed by atoms with van der Waals surface area (Å²) in [6.45, 7) is 2.12. The van der Waals surface area contributed by atoms with E-state index in [0.717, 1.165) is 37.7 Å². The lowest BCUT2D eigenvalue weighted by molar-refractivity contribution is -0.134. The third kappa shape index (κ3) is 3.60. The van der Waals surface area contributed by atoms with Gasteiger partial charge in [0.1, 0.15) is 0 Å². The molecule has 0 bridgehead atoms. The van der Waals surface area contributed by atoms with E-state index < -0.39 is 0 Å². The lowest BCUT2D eigenvalue weighted by Gasteiger charge is -2.35. The van der Waals surface area contributed by atoms with E-state index >= 15 is 0 Å². The van der Waals surface area contributed by atoms with Crippen LogP contribution in [0.1, 0.15) is 43.7 Å². The van der Waals surface area contributed by atoms with Gasteiger partial charge in [-0.2, -0.15) is 0 Å². The molecular weight excluding hydrogens is 250 g/mol. The molecule has 0 heterocycles. The summed E-state index contributed by atoms with van der Waals surface area (Å²) in [5.41, 5.74) is 2.33. The monoisotopic (exact) mass is 275 g/mol. The number of nitrogens with zero attached hydrogens (tertiary/aromatic N) is 1. The summed E-state index contributed by atoms with van der Waals surface area (Å²) in [5, 5.41) is 10.0. The van der Waals surface area contributed by atoms with E-state index in [1.807, 2.05) is 19.2 Å². The van der Waals surface area contributed by atoms with Crippen molar-refractivity contribution in [2.24, 2.45) is 0 Å². The van der Waals surface area contributed by atoms with Crippen molar-refractivity contribution in [2.75, 3.05) is 7.05 Å². The molecule has 1 aromatic rings. The normalized spacial score (nSPS) is 22.6. The van der Waals surface area contributed by atoms with Gasteiger partial charge in [-0.3, -0.25) is 4.79 Å². The Labute approximate surface area is 121 Å². The maximum absolute atomic E-state index is 12.3. The van der Waals surface area contributed by atoms with Crippen LogP contribution in [0.15, 0.2) is 24.3 Å². The van der Waals surface area contributed by atoms with Crippen molar-refractivity contribution in [3.63, 3.8) is 0 Å². The maximum Gasteiger partial charge on any atom is 0.227 e. The van der Waals surface area contributed by atoms with Crippen LogP contribution in [0.5, 0.6) is 0 Å². The molecule has 2 atom stereocenters. The largest absolute Gasteiger partial charge is 0.391 e. The zero-order chi connectivity index (χ0) is 14.5. The number of amides is 1. The lowest BCUT2D eigenvalue weighted by Crippen LogP contribution is -2.46. The molecule has 110 valence electrons. The summed E-state index contributed by atoms with van der Waals surface area (Å²) in [7, 11) is 1.82. The Kier molecular flexibility index (Phi) is 5.18. The number of likely N-dealkylation sites (N-methyl/N-ethyl adjacent to an activating group) is 1. The van der Waals surface area contributed by atoms with Crippen molar-refractivity contribution in [1.29, 1.82) is 0 Å². The van der Waals surface area contributed by atoms with E-state index in [9.17, 15) is 9.90 Å². The predicted molar refractivity (Wildman–Crippen MR) is 80.6 cm³/mol. The van der Waals surface area contributed by atoms with Crippen LogP contribution in [-0.2, 0) is 17.6 Å².